The average molecular weight is 302 g/mol. The largest absolute Gasteiger partial charge is 0.326 e. The maximum absolute atomic E-state index is 13.3. The molecule has 0 bridgehead atoms. The molecule has 1 aromatic rings. The van der Waals surface area contributed by atoms with Gasteiger partial charge in [-0.05, 0) is 46.0 Å². The molecule has 0 heterocycles. The van der Waals surface area contributed by atoms with Crippen LogP contribution in [-0.4, -0.2) is 5.91 Å². The van der Waals surface area contributed by atoms with Gasteiger partial charge in [0.25, 0.3) is 0 Å². The number of anilines is 1. The molecule has 1 N–H and O–H groups in total. The maximum atomic E-state index is 13.3. The smallest absolute Gasteiger partial charge is 0.224 e. The number of aryl methyl sites for hydroxylation is 1. The van der Waals surface area contributed by atoms with Gasteiger partial charge in [0, 0.05) is 12.1 Å². The van der Waals surface area contributed by atoms with Crippen molar-refractivity contribution in [2.24, 2.45) is 5.41 Å². The summed E-state index contributed by atoms with van der Waals surface area (Å²) in [5.74, 6) is -0.469. The van der Waals surface area contributed by atoms with Gasteiger partial charge in [-0.2, -0.15) is 0 Å². The van der Waals surface area contributed by atoms with Crippen molar-refractivity contribution in [2.45, 2.75) is 34.1 Å². The van der Waals surface area contributed by atoms with E-state index in [0.717, 1.165) is 5.56 Å². The first kappa shape index (κ1) is 14.2. The molecule has 2 nitrogen and oxygen atoms in total. The molecule has 0 aliphatic heterocycles. The predicted molar refractivity (Wildman–Crippen MR) is 71.5 cm³/mol. The topological polar surface area (TPSA) is 29.1 Å². The Balaban J connectivity index is 2.82. The van der Waals surface area contributed by atoms with Crippen LogP contribution in [0.25, 0.3) is 0 Å². The quantitative estimate of drug-likeness (QED) is 0.868. The van der Waals surface area contributed by atoms with Crippen molar-refractivity contribution < 1.29 is 9.18 Å². The summed E-state index contributed by atoms with van der Waals surface area (Å²) < 4.78 is 13.8. The van der Waals surface area contributed by atoms with E-state index in [0.29, 0.717) is 16.6 Å². The molecular formula is C13H17BrFNO. The molecule has 0 radical (unpaired) electrons. The molecular weight excluding hydrogens is 285 g/mol. The molecule has 0 spiro atoms. The fourth-order valence-electron chi connectivity index (χ4n) is 1.46. The van der Waals surface area contributed by atoms with Crippen molar-refractivity contribution in [2.75, 3.05) is 5.32 Å². The second-order valence-electron chi connectivity index (χ2n) is 5.37. The SMILES string of the molecule is Cc1cc(Br)c(F)cc1NC(=O)CC(C)(C)C. The molecule has 0 saturated carbocycles. The van der Waals surface area contributed by atoms with Gasteiger partial charge in [-0.1, -0.05) is 20.8 Å². The minimum absolute atomic E-state index is 0.0775. The van der Waals surface area contributed by atoms with E-state index in [1.54, 1.807) is 6.07 Å². The van der Waals surface area contributed by atoms with E-state index in [1.807, 2.05) is 27.7 Å². The summed E-state index contributed by atoms with van der Waals surface area (Å²) in [5, 5.41) is 2.74. The van der Waals surface area contributed by atoms with Crippen molar-refractivity contribution >= 4 is 27.5 Å². The van der Waals surface area contributed by atoms with Crippen LogP contribution in [0.4, 0.5) is 10.1 Å². The van der Waals surface area contributed by atoms with Crippen LogP contribution in [-0.2, 0) is 4.79 Å². The van der Waals surface area contributed by atoms with Gasteiger partial charge in [0.1, 0.15) is 5.82 Å². The Kier molecular flexibility index (Phi) is 4.31. The monoisotopic (exact) mass is 301 g/mol. The molecule has 0 aliphatic carbocycles. The molecule has 94 valence electrons. The summed E-state index contributed by atoms with van der Waals surface area (Å²) in [7, 11) is 0. The molecule has 0 atom stereocenters. The lowest BCUT2D eigenvalue weighted by molar-refractivity contribution is -0.117. The molecule has 0 saturated heterocycles. The van der Waals surface area contributed by atoms with Gasteiger partial charge < -0.3 is 5.32 Å². The van der Waals surface area contributed by atoms with Crippen LogP contribution in [0.15, 0.2) is 16.6 Å². The normalized spacial score (nSPS) is 11.4. The van der Waals surface area contributed by atoms with Crippen LogP contribution in [0.5, 0.6) is 0 Å². The zero-order valence-corrected chi connectivity index (χ0v) is 12.1. The Morgan fingerprint density at radius 1 is 1.41 bits per heavy atom. The highest BCUT2D eigenvalue weighted by molar-refractivity contribution is 9.10. The van der Waals surface area contributed by atoms with E-state index in [4.69, 9.17) is 0 Å². The zero-order chi connectivity index (χ0) is 13.2. The summed E-state index contributed by atoms with van der Waals surface area (Å²) >= 11 is 3.11. The maximum Gasteiger partial charge on any atom is 0.224 e. The van der Waals surface area contributed by atoms with Crippen LogP contribution in [0.1, 0.15) is 32.8 Å². The third-order valence-corrected chi connectivity index (χ3v) is 2.84. The second kappa shape index (κ2) is 5.17. The number of rotatable bonds is 2. The lowest BCUT2D eigenvalue weighted by Crippen LogP contribution is -2.20. The van der Waals surface area contributed by atoms with Crippen LogP contribution >= 0.6 is 15.9 Å². The Bertz CT molecular complexity index is 438. The molecule has 0 fully saturated rings. The summed E-state index contributed by atoms with van der Waals surface area (Å²) in [6, 6.07) is 2.99. The highest BCUT2D eigenvalue weighted by Gasteiger charge is 2.17. The van der Waals surface area contributed by atoms with Gasteiger partial charge in [0.15, 0.2) is 0 Å². The Morgan fingerprint density at radius 3 is 2.53 bits per heavy atom. The summed E-state index contributed by atoms with van der Waals surface area (Å²) in [6.07, 6.45) is 0.407. The Labute approximate surface area is 110 Å². The van der Waals surface area contributed by atoms with Gasteiger partial charge in [-0.15, -0.1) is 0 Å². The molecule has 1 amide bonds. The molecule has 0 aromatic heterocycles. The highest BCUT2D eigenvalue weighted by Crippen LogP contribution is 2.25. The van der Waals surface area contributed by atoms with Crippen LogP contribution in [0.2, 0.25) is 0 Å². The average Bonchev–Trinajstić information content (AvgIpc) is 2.11. The molecule has 1 rings (SSSR count). The Morgan fingerprint density at radius 2 is 2.00 bits per heavy atom. The molecule has 1 aromatic carbocycles. The Hall–Kier alpha value is -0.900. The standard InChI is InChI=1S/C13H17BrFNO/c1-8-5-9(14)10(15)6-11(8)16-12(17)7-13(2,3)4/h5-6H,7H2,1-4H3,(H,16,17). The van der Waals surface area contributed by atoms with Gasteiger partial charge in [0.05, 0.1) is 4.47 Å². The van der Waals surface area contributed by atoms with E-state index in [1.165, 1.54) is 6.07 Å². The first-order chi connectivity index (χ1) is 7.69. The van der Waals surface area contributed by atoms with E-state index >= 15 is 0 Å². The summed E-state index contributed by atoms with van der Waals surface area (Å²) in [5.41, 5.74) is 1.28. The van der Waals surface area contributed by atoms with E-state index in [-0.39, 0.29) is 17.1 Å². The number of halogens is 2. The van der Waals surface area contributed by atoms with Crippen LogP contribution in [0.3, 0.4) is 0 Å². The fourth-order valence-corrected chi connectivity index (χ4v) is 1.91. The summed E-state index contributed by atoms with van der Waals surface area (Å²) in [6.45, 7) is 7.79. The second-order valence-corrected chi connectivity index (χ2v) is 6.22. The molecule has 0 aliphatic rings. The van der Waals surface area contributed by atoms with Crippen LogP contribution < -0.4 is 5.32 Å². The number of nitrogens with one attached hydrogen (secondary N) is 1. The van der Waals surface area contributed by atoms with Gasteiger partial charge in [0.2, 0.25) is 5.91 Å². The number of benzene rings is 1. The number of carbonyl (C=O) groups is 1. The number of hydrogen-bond donors (Lipinski definition) is 1. The van der Waals surface area contributed by atoms with Gasteiger partial charge >= 0.3 is 0 Å². The van der Waals surface area contributed by atoms with Crippen molar-refractivity contribution in [1.29, 1.82) is 0 Å². The minimum Gasteiger partial charge on any atom is -0.326 e. The van der Waals surface area contributed by atoms with Crippen molar-refractivity contribution in [3.8, 4) is 0 Å². The lowest BCUT2D eigenvalue weighted by Gasteiger charge is -2.18. The molecule has 0 unspecified atom stereocenters. The lowest BCUT2D eigenvalue weighted by atomic mass is 9.92. The number of amides is 1. The fraction of sp³-hybridized carbons (Fsp3) is 0.462. The van der Waals surface area contributed by atoms with E-state index < -0.39 is 0 Å². The van der Waals surface area contributed by atoms with Gasteiger partial charge in [-0.25, -0.2) is 4.39 Å². The molecule has 17 heavy (non-hydrogen) atoms. The van der Waals surface area contributed by atoms with Crippen molar-refractivity contribution in [1.82, 2.24) is 0 Å². The first-order valence-corrected chi connectivity index (χ1v) is 6.24. The van der Waals surface area contributed by atoms with Crippen LogP contribution in [0, 0.1) is 18.2 Å². The third-order valence-electron chi connectivity index (χ3n) is 2.23. The van der Waals surface area contributed by atoms with Crippen molar-refractivity contribution in [3.63, 3.8) is 0 Å². The van der Waals surface area contributed by atoms with E-state index in [2.05, 4.69) is 21.2 Å². The number of hydrogen-bond acceptors (Lipinski definition) is 1. The van der Waals surface area contributed by atoms with Crippen molar-refractivity contribution in [3.05, 3.63) is 28.0 Å². The highest BCUT2D eigenvalue weighted by atomic mass is 79.9. The minimum atomic E-state index is -0.373. The van der Waals surface area contributed by atoms with E-state index in [9.17, 15) is 9.18 Å². The first-order valence-electron chi connectivity index (χ1n) is 5.44. The zero-order valence-electron chi connectivity index (χ0n) is 10.5. The molecule has 4 heteroatoms. The van der Waals surface area contributed by atoms with Gasteiger partial charge in [-0.3, -0.25) is 4.79 Å². The summed E-state index contributed by atoms with van der Waals surface area (Å²) in [4.78, 5) is 11.7. The number of carbonyl (C=O) groups excluding carboxylic acids is 1. The third kappa shape index (κ3) is 4.46. The predicted octanol–water partition coefficient (Wildman–Crippen LogP) is 4.27.